The molecule has 5 heteroatoms. The number of hydrogen-bond acceptors (Lipinski definition) is 5. The Bertz CT molecular complexity index is 335. The van der Waals surface area contributed by atoms with Crippen molar-refractivity contribution in [3.63, 3.8) is 0 Å². The van der Waals surface area contributed by atoms with Crippen molar-refractivity contribution in [3.05, 3.63) is 12.3 Å². The molecular weight excluding hydrogens is 202 g/mol. The molecular formula is C11H21N5. The first-order valence-corrected chi connectivity index (χ1v) is 5.36. The molecule has 0 aliphatic carbocycles. The number of nitrogen functional groups attached to an aromatic ring is 1. The molecule has 0 aliphatic heterocycles. The van der Waals surface area contributed by atoms with Gasteiger partial charge in [0.2, 0.25) is 5.95 Å². The number of rotatable bonds is 5. The summed E-state index contributed by atoms with van der Waals surface area (Å²) in [7, 11) is 4.14. The van der Waals surface area contributed by atoms with Gasteiger partial charge in [-0.05, 0) is 25.6 Å². The maximum absolute atomic E-state index is 5.58. The van der Waals surface area contributed by atoms with Gasteiger partial charge in [-0.3, -0.25) is 0 Å². The van der Waals surface area contributed by atoms with Crippen molar-refractivity contribution in [2.75, 3.05) is 38.2 Å². The number of nitrogens with one attached hydrogen (secondary N) is 1. The SMILES string of the molecule is CN(C)CC(C)(C)CNc1nccc(N)n1. The fraction of sp³-hybridized carbons (Fsp3) is 0.636. The van der Waals surface area contributed by atoms with Crippen LogP contribution in [0.4, 0.5) is 11.8 Å². The van der Waals surface area contributed by atoms with E-state index in [0.717, 1.165) is 13.1 Å². The third-order valence-electron chi connectivity index (χ3n) is 2.15. The summed E-state index contributed by atoms with van der Waals surface area (Å²) < 4.78 is 0. The second-order valence-electron chi connectivity index (χ2n) is 5.06. The van der Waals surface area contributed by atoms with Gasteiger partial charge in [-0.2, -0.15) is 4.98 Å². The number of nitrogens with two attached hydrogens (primary N) is 1. The Hall–Kier alpha value is -1.36. The first-order chi connectivity index (χ1) is 7.39. The summed E-state index contributed by atoms with van der Waals surface area (Å²) in [5.74, 6) is 1.08. The van der Waals surface area contributed by atoms with Gasteiger partial charge in [0.1, 0.15) is 5.82 Å². The number of anilines is 2. The van der Waals surface area contributed by atoms with Crippen molar-refractivity contribution < 1.29 is 0 Å². The zero-order valence-electron chi connectivity index (χ0n) is 10.5. The zero-order chi connectivity index (χ0) is 12.2. The topological polar surface area (TPSA) is 67.1 Å². The van der Waals surface area contributed by atoms with E-state index in [1.165, 1.54) is 0 Å². The van der Waals surface area contributed by atoms with Gasteiger partial charge in [0.15, 0.2) is 0 Å². The van der Waals surface area contributed by atoms with E-state index >= 15 is 0 Å². The molecule has 0 aromatic carbocycles. The van der Waals surface area contributed by atoms with E-state index in [-0.39, 0.29) is 5.41 Å². The molecule has 90 valence electrons. The molecule has 1 aromatic heterocycles. The van der Waals surface area contributed by atoms with Gasteiger partial charge < -0.3 is 16.0 Å². The van der Waals surface area contributed by atoms with Crippen LogP contribution in [0, 0.1) is 5.41 Å². The molecule has 3 N–H and O–H groups in total. The van der Waals surface area contributed by atoms with E-state index in [9.17, 15) is 0 Å². The van der Waals surface area contributed by atoms with Crippen LogP contribution >= 0.6 is 0 Å². The number of aromatic nitrogens is 2. The van der Waals surface area contributed by atoms with Crippen LogP contribution in [0.5, 0.6) is 0 Å². The van der Waals surface area contributed by atoms with Crippen LogP contribution in [-0.4, -0.2) is 42.1 Å². The van der Waals surface area contributed by atoms with Gasteiger partial charge in [-0.1, -0.05) is 13.8 Å². The van der Waals surface area contributed by atoms with Gasteiger partial charge in [-0.15, -0.1) is 0 Å². The molecule has 1 rings (SSSR count). The quantitative estimate of drug-likeness (QED) is 0.781. The highest BCUT2D eigenvalue weighted by Crippen LogP contribution is 2.16. The fourth-order valence-corrected chi connectivity index (χ4v) is 1.69. The Labute approximate surface area is 97.1 Å². The molecule has 0 amide bonds. The zero-order valence-corrected chi connectivity index (χ0v) is 10.5. The van der Waals surface area contributed by atoms with Crippen LogP contribution in [0.25, 0.3) is 0 Å². The summed E-state index contributed by atoms with van der Waals surface area (Å²) >= 11 is 0. The summed E-state index contributed by atoms with van der Waals surface area (Å²) in [6, 6.07) is 1.68. The van der Waals surface area contributed by atoms with E-state index in [0.29, 0.717) is 11.8 Å². The van der Waals surface area contributed by atoms with E-state index in [1.807, 2.05) is 0 Å². The second-order valence-corrected chi connectivity index (χ2v) is 5.06. The normalized spacial score (nSPS) is 11.8. The highest BCUT2D eigenvalue weighted by Gasteiger charge is 2.18. The molecule has 0 aliphatic rings. The lowest BCUT2D eigenvalue weighted by atomic mass is 9.93. The summed E-state index contributed by atoms with van der Waals surface area (Å²) in [5, 5.41) is 3.20. The van der Waals surface area contributed by atoms with Gasteiger partial charge in [0.05, 0.1) is 0 Å². The Balaban J connectivity index is 2.50. The van der Waals surface area contributed by atoms with Gasteiger partial charge in [0.25, 0.3) is 0 Å². The number of nitrogens with zero attached hydrogens (tertiary/aromatic N) is 3. The largest absolute Gasteiger partial charge is 0.384 e. The lowest BCUT2D eigenvalue weighted by molar-refractivity contribution is 0.254. The van der Waals surface area contributed by atoms with Crippen LogP contribution in [0.3, 0.4) is 0 Å². The molecule has 1 heterocycles. The molecule has 1 aromatic rings. The maximum Gasteiger partial charge on any atom is 0.224 e. The highest BCUT2D eigenvalue weighted by atomic mass is 15.1. The molecule has 0 fully saturated rings. The van der Waals surface area contributed by atoms with Crippen LogP contribution < -0.4 is 11.1 Å². The van der Waals surface area contributed by atoms with E-state index in [2.05, 4.69) is 48.1 Å². The third-order valence-corrected chi connectivity index (χ3v) is 2.15. The highest BCUT2D eigenvalue weighted by molar-refractivity contribution is 5.35. The van der Waals surface area contributed by atoms with Crippen LogP contribution in [0.2, 0.25) is 0 Å². The third kappa shape index (κ3) is 4.44. The molecule has 0 spiro atoms. The lowest BCUT2D eigenvalue weighted by Crippen LogP contribution is -2.34. The van der Waals surface area contributed by atoms with Crippen molar-refractivity contribution in [3.8, 4) is 0 Å². The van der Waals surface area contributed by atoms with Crippen LogP contribution in [-0.2, 0) is 0 Å². The van der Waals surface area contributed by atoms with Crippen molar-refractivity contribution in [2.45, 2.75) is 13.8 Å². The van der Waals surface area contributed by atoms with Crippen molar-refractivity contribution in [1.29, 1.82) is 0 Å². The van der Waals surface area contributed by atoms with Crippen molar-refractivity contribution >= 4 is 11.8 Å². The van der Waals surface area contributed by atoms with Crippen molar-refractivity contribution in [2.24, 2.45) is 5.41 Å². The van der Waals surface area contributed by atoms with Crippen LogP contribution in [0.15, 0.2) is 12.3 Å². The lowest BCUT2D eigenvalue weighted by Gasteiger charge is -2.28. The molecule has 0 unspecified atom stereocenters. The Morgan fingerprint density at radius 1 is 1.44 bits per heavy atom. The molecule has 0 saturated heterocycles. The molecule has 0 atom stereocenters. The maximum atomic E-state index is 5.58. The summed E-state index contributed by atoms with van der Waals surface area (Å²) in [6.07, 6.45) is 1.66. The van der Waals surface area contributed by atoms with Gasteiger partial charge in [0, 0.05) is 19.3 Å². The Morgan fingerprint density at radius 3 is 2.69 bits per heavy atom. The summed E-state index contributed by atoms with van der Waals surface area (Å²) in [4.78, 5) is 10.4. The average Bonchev–Trinajstić information content (AvgIpc) is 2.13. The first-order valence-electron chi connectivity index (χ1n) is 5.36. The average molecular weight is 223 g/mol. The Kier molecular flexibility index (Phi) is 4.06. The second kappa shape index (κ2) is 5.12. The smallest absolute Gasteiger partial charge is 0.224 e. The summed E-state index contributed by atoms with van der Waals surface area (Å²) in [5.41, 5.74) is 5.74. The standard InChI is InChI=1S/C11H21N5/c1-11(2,8-16(3)4)7-14-10-13-6-5-9(12)15-10/h5-6H,7-8H2,1-4H3,(H3,12,13,14,15). The molecule has 0 bridgehead atoms. The monoisotopic (exact) mass is 223 g/mol. The molecule has 0 radical (unpaired) electrons. The fourth-order valence-electron chi connectivity index (χ4n) is 1.69. The Morgan fingerprint density at radius 2 is 2.12 bits per heavy atom. The van der Waals surface area contributed by atoms with E-state index < -0.39 is 0 Å². The van der Waals surface area contributed by atoms with E-state index in [4.69, 9.17) is 5.73 Å². The molecule has 16 heavy (non-hydrogen) atoms. The minimum Gasteiger partial charge on any atom is -0.384 e. The number of hydrogen-bond donors (Lipinski definition) is 2. The van der Waals surface area contributed by atoms with Gasteiger partial charge in [-0.25, -0.2) is 4.98 Å². The minimum absolute atomic E-state index is 0.164. The van der Waals surface area contributed by atoms with Crippen molar-refractivity contribution in [1.82, 2.24) is 14.9 Å². The summed E-state index contributed by atoms with van der Waals surface area (Å²) in [6.45, 7) is 6.22. The van der Waals surface area contributed by atoms with E-state index in [1.54, 1.807) is 12.3 Å². The van der Waals surface area contributed by atoms with Crippen LogP contribution in [0.1, 0.15) is 13.8 Å². The minimum atomic E-state index is 0.164. The van der Waals surface area contributed by atoms with Gasteiger partial charge >= 0.3 is 0 Å². The first kappa shape index (κ1) is 12.7. The molecule has 5 nitrogen and oxygen atoms in total. The predicted octanol–water partition coefficient (Wildman–Crippen LogP) is 1.06. The molecule has 0 saturated carbocycles. The predicted molar refractivity (Wildman–Crippen MR) is 67.3 cm³/mol.